The molecule has 3 aromatic rings. The number of rotatable bonds is 10. The Morgan fingerprint density at radius 3 is 2.42 bits per heavy atom. The van der Waals surface area contributed by atoms with E-state index >= 15 is 0 Å². The Hall–Kier alpha value is -2.29. The molecule has 0 fully saturated rings. The first-order chi connectivity index (χ1) is 14.7. The zero-order valence-corrected chi connectivity index (χ0v) is 18.3. The number of hydrogen-bond acceptors (Lipinski definition) is 4. The lowest BCUT2D eigenvalue weighted by Gasteiger charge is -2.18. The van der Waals surface area contributed by atoms with Crippen molar-refractivity contribution in [2.45, 2.75) is 46.7 Å². The third-order valence-electron chi connectivity index (χ3n) is 5.15. The average molecular weight is 438 g/mol. The van der Waals surface area contributed by atoms with E-state index in [0.29, 0.717) is 26.3 Å². The zero-order valence-electron chi connectivity index (χ0n) is 18.3. The van der Waals surface area contributed by atoms with Gasteiger partial charge in [-0.05, 0) is 62.6 Å². The second-order valence-electron chi connectivity index (χ2n) is 7.43. The highest BCUT2D eigenvalue weighted by atomic mass is 19.4. The molecular formula is C23H29F3N2O3. The maximum atomic E-state index is 12.5. The normalized spacial score (nSPS) is 12.4. The van der Waals surface area contributed by atoms with Crippen molar-refractivity contribution < 1.29 is 27.4 Å². The molecule has 0 saturated carbocycles. The summed E-state index contributed by atoms with van der Waals surface area (Å²) in [6.45, 7) is 8.92. The summed E-state index contributed by atoms with van der Waals surface area (Å²) >= 11 is 0. The summed E-state index contributed by atoms with van der Waals surface area (Å²) in [7, 11) is 0. The number of halogens is 3. The van der Waals surface area contributed by atoms with Crippen LogP contribution in [0.25, 0.3) is 21.8 Å². The molecule has 3 rings (SSSR count). The summed E-state index contributed by atoms with van der Waals surface area (Å²) in [5, 5.41) is 5.22. The Morgan fingerprint density at radius 1 is 1.06 bits per heavy atom. The number of aromatic nitrogens is 1. The quantitative estimate of drug-likeness (QED) is 0.418. The highest BCUT2D eigenvalue weighted by Crippen LogP contribution is 2.34. The molecule has 0 aliphatic rings. The lowest BCUT2D eigenvalue weighted by atomic mass is 9.98. The predicted octanol–water partition coefficient (Wildman–Crippen LogP) is 5.37. The fourth-order valence-corrected chi connectivity index (χ4v) is 3.76. The molecule has 0 atom stereocenters. The van der Waals surface area contributed by atoms with E-state index in [0.717, 1.165) is 38.5 Å². The van der Waals surface area contributed by atoms with E-state index in [1.165, 1.54) is 0 Å². The molecule has 1 heterocycles. The number of hydrogen-bond donors (Lipinski definition) is 2. The topological polar surface area (TPSA) is 55.5 Å². The van der Waals surface area contributed by atoms with E-state index in [2.05, 4.69) is 16.4 Å². The molecule has 0 unspecified atom stereocenters. The van der Waals surface area contributed by atoms with Crippen molar-refractivity contribution in [3.63, 3.8) is 0 Å². The lowest BCUT2D eigenvalue weighted by Crippen LogP contribution is -2.31. The van der Waals surface area contributed by atoms with Gasteiger partial charge in [-0.3, -0.25) is 0 Å². The highest BCUT2D eigenvalue weighted by Gasteiger charge is 2.28. The third kappa shape index (κ3) is 5.70. The second-order valence-corrected chi connectivity index (χ2v) is 7.43. The van der Waals surface area contributed by atoms with Crippen LogP contribution in [0.2, 0.25) is 0 Å². The number of aromatic amines is 1. The van der Waals surface area contributed by atoms with E-state index < -0.39 is 12.8 Å². The Bertz CT molecular complexity index is 1020. The average Bonchev–Trinajstić information content (AvgIpc) is 3.09. The smallest absolute Gasteiger partial charge is 0.422 e. The van der Waals surface area contributed by atoms with E-state index in [9.17, 15) is 13.2 Å². The van der Waals surface area contributed by atoms with Gasteiger partial charge in [-0.1, -0.05) is 6.07 Å². The zero-order chi connectivity index (χ0) is 22.6. The monoisotopic (exact) mass is 438 g/mol. The molecule has 0 aliphatic carbocycles. The summed E-state index contributed by atoms with van der Waals surface area (Å²) in [6, 6.07) is 7.10. The Kier molecular flexibility index (Phi) is 7.46. The Balaban J connectivity index is 1.88. The first-order valence-corrected chi connectivity index (χ1v) is 10.4. The van der Waals surface area contributed by atoms with Gasteiger partial charge in [-0.2, -0.15) is 13.2 Å². The molecule has 0 spiro atoms. The molecule has 1 aromatic heterocycles. The van der Waals surface area contributed by atoms with Crippen LogP contribution in [-0.2, 0) is 16.0 Å². The Morgan fingerprint density at radius 2 is 1.77 bits per heavy atom. The summed E-state index contributed by atoms with van der Waals surface area (Å²) in [5.41, 5.74) is 5.08. The second kappa shape index (κ2) is 9.89. The van der Waals surface area contributed by atoms with Crippen LogP contribution in [0, 0.1) is 13.8 Å². The van der Waals surface area contributed by atoms with E-state index in [1.54, 1.807) is 18.2 Å². The van der Waals surface area contributed by atoms with Gasteiger partial charge in [0.2, 0.25) is 0 Å². The van der Waals surface area contributed by atoms with Gasteiger partial charge >= 0.3 is 6.18 Å². The van der Waals surface area contributed by atoms with Gasteiger partial charge in [0.05, 0.1) is 0 Å². The fraction of sp³-hybridized carbons (Fsp3) is 0.478. The maximum absolute atomic E-state index is 12.5. The van der Waals surface area contributed by atoms with Crippen LogP contribution in [0.5, 0.6) is 5.75 Å². The molecule has 0 amide bonds. The number of aryl methyl sites for hydroxylation is 2. The third-order valence-corrected chi connectivity index (χ3v) is 5.15. The molecule has 2 N–H and O–H groups in total. The molecular weight excluding hydrogens is 409 g/mol. The summed E-state index contributed by atoms with van der Waals surface area (Å²) in [5.74, 6) is 0.197. The van der Waals surface area contributed by atoms with Gasteiger partial charge in [0.1, 0.15) is 5.75 Å². The maximum Gasteiger partial charge on any atom is 0.422 e. The molecule has 5 nitrogen and oxygen atoms in total. The predicted molar refractivity (Wildman–Crippen MR) is 116 cm³/mol. The van der Waals surface area contributed by atoms with E-state index in [1.807, 2.05) is 27.7 Å². The fourth-order valence-electron chi connectivity index (χ4n) is 3.76. The molecule has 0 aliphatic heterocycles. The van der Waals surface area contributed by atoms with Gasteiger partial charge in [0.25, 0.3) is 0 Å². The highest BCUT2D eigenvalue weighted by molar-refractivity contribution is 6.10. The van der Waals surface area contributed by atoms with Crippen LogP contribution in [0.4, 0.5) is 13.2 Å². The largest absolute Gasteiger partial charge is 0.484 e. The van der Waals surface area contributed by atoms with Gasteiger partial charge in [0, 0.05) is 48.1 Å². The molecule has 31 heavy (non-hydrogen) atoms. The minimum atomic E-state index is -4.37. The van der Waals surface area contributed by atoms with Crippen LogP contribution in [0.15, 0.2) is 24.3 Å². The number of benzene rings is 2. The van der Waals surface area contributed by atoms with E-state index in [-0.39, 0.29) is 12.0 Å². The number of nitrogens with one attached hydrogen (secondary N) is 2. The summed E-state index contributed by atoms with van der Waals surface area (Å²) in [4.78, 5) is 3.38. The Labute approximate surface area is 179 Å². The van der Waals surface area contributed by atoms with Crippen LogP contribution >= 0.6 is 0 Å². The van der Waals surface area contributed by atoms with Crippen molar-refractivity contribution in [1.29, 1.82) is 0 Å². The molecule has 170 valence electrons. The van der Waals surface area contributed by atoms with Crippen molar-refractivity contribution >= 4 is 21.8 Å². The standard InChI is InChI=1S/C23H29F3N2O3/c1-5-29-20(30-6-2)12-27-11-16-9-14(3)22-21(15(16)4)18-10-17(7-8-19(18)28-22)31-13-23(24,25)26/h7-10,20,27-28H,5-6,11-13H2,1-4H3. The van der Waals surface area contributed by atoms with Gasteiger partial charge in [0.15, 0.2) is 12.9 Å². The number of ether oxygens (including phenoxy) is 3. The van der Waals surface area contributed by atoms with E-state index in [4.69, 9.17) is 14.2 Å². The first kappa shape index (κ1) is 23.4. The molecule has 0 radical (unpaired) electrons. The van der Waals surface area contributed by atoms with Gasteiger partial charge in [-0.15, -0.1) is 0 Å². The molecule has 8 heteroatoms. The molecule has 0 bridgehead atoms. The first-order valence-electron chi connectivity index (χ1n) is 10.4. The minimum Gasteiger partial charge on any atom is -0.484 e. The van der Waals surface area contributed by atoms with Crippen molar-refractivity contribution in [3.8, 4) is 5.75 Å². The number of alkyl halides is 3. The van der Waals surface area contributed by atoms with Crippen molar-refractivity contribution in [3.05, 3.63) is 41.0 Å². The molecule has 0 saturated heterocycles. The van der Waals surface area contributed by atoms with Crippen LogP contribution in [0.1, 0.15) is 30.5 Å². The SMILES string of the molecule is CCOC(CNCc1cc(C)c2[nH]c3ccc(OCC(F)(F)F)cc3c2c1C)OCC. The lowest BCUT2D eigenvalue weighted by molar-refractivity contribution is -0.153. The van der Waals surface area contributed by atoms with Crippen LogP contribution in [0.3, 0.4) is 0 Å². The number of H-pyrrole nitrogens is 1. The van der Waals surface area contributed by atoms with Crippen LogP contribution in [-0.4, -0.2) is 43.8 Å². The van der Waals surface area contributed by atoms with Crippen molar-refractivity contribution in [1.82, 2.24) is 10.3 Å². The van der Waals surface area contributed by atoms with Crippen molar-refractivity contribution in [2.75, 3.05) is 26.4 Å². The summed E-state index contributed by atoms with van der Waals surface area (Å²) < 4.78 is 53.7. The van der Waals surface area contributed by atoms with Crippen molar-refractivity contribution in [2.24, 2.45) is 0 Å². The van der Waals surface area contributed by atoms with Gasteiger partial charge < -0.3 is 24.5 Å². The van der Waals surface area contributed by atoms with Gasteiger partial charge in [-0.25, -0.2) is 0 Å². The minimum absolute atomic E-state index is 0.197. The summed E-state index contributed by atoms with van der Waals surface area (Å²) in [6.07, 6.45) is -4.68. The molecule has 2 aromatic carbocycles. The van der Waals surface area contributed by atoms with Crippen LogP contribution < -0.4 is 10.1 Å². The number of fused-ring (bicyclic) bond motifs is 3.